The zero-order chi connectivity index (χ0) is 20.5. The van der Waals surface area contributed by atoms with Gasteiger partial charge in [-0.15, -0.1) is 0 Å². The molecule has 0 aliphatic carbocycles. The molecule has 2 rings (SSSR count). The maximum atomic E-state index is 12.2. The van der Waals surface area contributed by atoms with Gasteiger partial charge in [-0.05, 0) is 49.7 Å². The Bertz CT molecular complexity index is 836. The Morgan fingerprint density at radius 1 is 1.32 bits per heavy atom. The minimum Gasteiger partial charge on any atom is -0.493 e. The molecule has 0 fully saturated rings. The Balaban J connectivity index is 2.22. The van der Waals surface area contributed by atoms with Crippen LogP contribution in [0.2, 0.25) is 0 Å². The summed E-state index contributed by atoms with van der Waals surface area (Å²) in [5.41, 5.74) is 8.05. The van der Waals surface area contributed by atoms with E-state index in [4.69, 9.17) is 15.2 Å². The third-order valence-corrected chi connectivity index (χ3v) is 4.25. The number of aromatic nitrogens is 1. The lowest BCUT2D eigenvalue weighted by molar-refractivity contribution is -0.124. The van der Waals surface area contributed by atoms with Crippen LogP contribution in [0, 0.1) is 6.92 Å². The first-order valence-electron chi connectivity index (χ1n) is 9.08. The van der Waals surface area contributed by atoms with Crippen molar-refractivity contribution in [1.29, 1.82) is 0 Å². The van der Waals surface area contributed by atoms with E-state index in [0.717, 1.165) is 23.2 Å². The standard InChI is InChI=1S/C21H28N4O3/c1-15-13-17(14-18(27-3)20(15)28-4)24-21-16(7-5-11-23-21)8-9-19(26)25(2)12-6-10-22/h5,7-9,11,13-14H,6,10,12,22H2,1-4H3,(H,23,24)/b9-8+. The number of nitrogens with one attached hydrogen (secondary N) is 1. The highest BCUT2D eigenvalue weighted by atomic mass is 16.5. The Labute approximate surface area is 166 Å². The highest BCUT2D eigenvalue weighted by Crippen LogP contribution is 2.35. The quantitative estimate of drug-likeness (QED) is 0.646. The van der Waals surface area contributed by atoms with E-state index >= 15 is 0 Å². The fraction of sp³-hybridized carbons (Fsp3) is 0.333. The summed E-state index contributed by atoms with van der Waals surface area (Å²) in [5.74, 6) is 1.89. The largest absolute Gasteiger partial charge is 0.493 e. The minimum atomic E-state index is -0.0785. The summed E-state index contributed by atoms with van der Waals surface area (Å²) >= 11 is 0. The number of likely N-dealkylation sites (N-methyl/N-ethyl adjacent to an activating group) is 1. The molecule has 0 atom stereocenters. The maximum Gasteiger partial charge on any atom is 0.246 e. The number of anilines is 2. The average Bonchev–Trinajstić information content (AvgIpc) is 2.70. The molecular formula is C21H28N4O3. The van der Waals surface area contributed by atoms with Gasteiger partial charge in [0.15, 0.2) is 11.5 Å². The van der Waals surface area contributed by atoms with Crippen LogP contribution in [0.4, 0.5) is 11.5 Å². The van der Waals surface area contributed by atoms with Gasteiger partial charge >= 0.3 is 0 Å². The van der Waals surface area contributed by atoms with Crippen molar-refractivity contribution in [2.75, 3.05) is 39.7 Å². The topological polar surface area (TPSA) is 89.7 Å². The zero-order valence-electron chi connectivity index (χ0n) is 16.9. The number of nitrogens with zero attached hydrogens (tertiary/aromatic N) is 2. The van der Waals surface area contributed by atoms with Crippen molar-refractivity contribution in [3.05, 3.63) is 47.7 Å². The Kier molecular flexibility index (Phi) is 7.83. The molecule has 3 N–H and O–H groups in total. The van der Waals surface area contributed by atoms with Crippen molar-refractivity contribution in [3.8, 4) is 11.5 Å². The molecule has 0 aliphatic rings. The van der Waals surface area contributed by atoms with Crippen LogP contribution in [0.1, 0.15) is 17.5 Å². The SMILES string of the molecule is COc1cc(Nc2ncccc2/C=C/C(=O)N(C)CCCN)cc(C)c1OC. The molecule has 150 valence electrons. The second kappa shape index (κ2) is 10.3. The van der Waals surface area contributed by atoms with Gasteiger partial charge in [0, 0.05) is 43.2 Å². The van der Waals surface area contributed by atoms with Gasteiger partial charge in [-0.1, -0.05) is 0 Å². The van der Waals surface area contributed by atoms with Crippen molar-refractivity contribution in [2.24, 2.45) is 5.73 Å². The molecule has 0 aliphatic heterocycles. The molecule has 0 radical (unpaired) electrons. The van der Waals surface area contributed by atoms with E-state index in [9.17, 15) is 4.79 Å². The summed E-state index contributed by atoms with van der Waals surface area (Å²) in [4.78, 5) is 18.3. The Hall–Kier alpha value is -3.06. The number of ether oxygens (including phenoxy) is 2. The molecule has 2 aromatic rings. The molecule has 7 nitrogen and oxygen atoms in total. The first-order valence-corrected chi connectivity index (χ1v) is 9.08. The number of nitrogens with two attached hydrogens (primary N) is 1. The van der Waals surface area contributed by atoms with E-state index in [1.807, 2.05) is 31.2 Å². The Morgan fingerprint density at radius 2 is 2.11 bits per heavy atom. The summed E-state index contributed by atoms with van der Waals surface area (Å²) in [7, 11) is 4.97. The smallest absolute Gasteiger partial charge is 0.246 e. The second-order valence-corrected chi connectivity index (χ2v) is 6.33. The predicted molar refractivity (Wildman–Crippen MR) is 112 cm³/mol. The molecule has 0 spiro atoms. The number of pyridine rings is 1. The number of benzene rings is 1. The van der Waals surface area contributed by atoms with Crippen LogP contribution < -0.4 is 20.5 Å². The van der Waals surface area contributed by atoms with Gasteiger partial charge in [0.05, 0.1) is 14.2 Å². The summed E-state index contributed by atoms with van der Waals surface area (Å²) in [5, 5.41) is 3.29. The zero-order valence-corrected chi connectivity index (χ0v) is 16.9. The second-order valence-electron chi connectivity index (χ2n) is 6.33. The van der Waals surface area contributed by atoms with E-state index in [2.05, 4.69) is 10.3 Å². The number of rotatable bonds is 9. The molecule has 7 heteroatoms. The summed E-state index contributed by atoms with van der Waals surface area (Å²) < 4.78 is 10.8. The van der Waals surface area contributed by atoms with Crippen LogP contribution in [0.15, 0.2) is 36.5 Å². The fourth-order valence-corrected chi connectivity index (χ4v) is 2.75. The molecule has 1 heterocycles. The molecule has 1 aromatic heterocycles. The van der Waals surface area contributed by atoms with Crippen molar-refractivity contribution >= 4 is 23.5 Å². The number of hydrogen-bond acceptors (Lipinski definition) is 6. The number of carbonyl (C=O) groups is 1. The van der Waals surface area contributed by atoms with Crippen LogP contribution >= 0.6 is 0 Å². The number of amides is 1. The van der Waals surface area contributed by atoms with Crippen molar-refractivity contribution < 1.29 is 14.3 Å². The molecule has 0 unspecified atom stereocenters. The molecular weight excluding hydrogens is 356 g/mol. The summed E-state index contributed by atoms with van der Waals surface area (Å²) in [6, 6.07) is 7.52. The molecule has 1 amide bonds. The van der Waals surface area contributed by atoms with Crippen molar-refractivity contribution in [1.82, 2.24) is 9.88 Å². The number of methoxy groups -OCH3 is 2. The third kappa shape index (κ3) is 5.47. The predicted octanol–water partition coefficient (Wildman–Crippen LogP) is 2.97. The number of hydrogen-bond donors (Lipinski definition) is 2. The lowest BCUT2D eigenvalue weighted by Gasteiger charge is -2.15. The maximum absolute atomic E-state index is 12.2. The highest BCUT2D eigenvalue weighted by Gasteiger charge is 2.11. The van der Waals surface area contributed by atoms with Gasteiger partial charge in [-0.3, -0.25) is 4.79 Å². The van der Waals surface area contributed by atoms with E-state index in [1.165, 1.54) is 0 Å². The third-order valence-electron chi connectivity index (χ3n) is 4.25. The molecule has 28 heavy (non-hydrogen) atoms. The van der Waals surface area contributed by atoms with E-state index in [-0.39, 0.29) is 5.91 Å². The van der Waals surface area contributed by atoms with Crippen LogP contribution in [0.5, 0.6) is 11.5 Å². The highest BCUT2D eigenvalue weighted by molar-refractivity contribution is 5.92. The normalized spacial score (nSPS) is 10.8. The van der Waals surface area contributed by atoms with Gasteiger partial charge in [-0.2, -0.15) is 0 Å². The van der Waals surface area contributed by atoms with Gasteiger partial charge in [0.2, 0.25) is 5.91 Å². The first kappa shape index (κ1) is 21.2. The minimum absolute atomic E-state index is 0.0785. The molecule has 1 aromatic carbocycles. The van der Waals surface area contributed by atoms with Gasteiger partial charge < -0.3 is 25.4 Å². The van der Waals surface area contributed by atoms with Crippen molar-refractivity contribution in [2.45, 2.75) is 13.3 Å². The van der Waals surface area contributed by atoms with Gasteiger partial charge in [-0.25, -0.2) is 4.98 Å². The lowest BCUT2D eigenvalue weighted by atomic mass is 10.1. The summed E-state index contributed by atoms with van der Waals surface area (Å²) in [6.45, 7) is 3.13. The van der Waals surface area contributed by atoms with Crippen LogP contribution in [-0.2, 0) is 4.79 Å². The lowest BCUT2D eigenvalue weighted by Crippen LogP contribution is -2.27. The fourth-order valence-electron chi connectivity index (χ4n) is 2.75. The van der Waals surface area contributed by atoms with E-state index in [0.29, 0.717) is 30.4 Å². The van der Waals surface area contributed by atoms with Crippen LogP contribution in [-0.4, -0.2) is 50.1 Å². The van der Waals surface area contributed by atoms with Gasteiger partial charge in [0.1, 0.15) is 5.82 Å². The molecule has 0 bridgehead atoms. The molecule has 0 saturated heterocycles. The number of carbonyl (C=O) groups excluding carboxylic acids is 1. The Morgan fingerprint density at radius 3 is 2.79 bits per heavy atom. The summed E-state index contributed by atoms with van der Waals surface area (Å²) in [6.07, 6.45) is 5.76. The van der Waals surface area contributed by atoms with Crippen LogP contribution in [0.25, 0.3) is 6.08 Å². The first-order chi connectivity index (χ1) is 13.5. The van der Waals surface area contributed by atoms with Gasteiger partial charge in [0.25, 0.3) is 0 Å². The van der Waals surface area contributed by atoms with E-state index in [1.54, 1.807) is 44.5 Å². The van der Waals surface area contributed by atoms with E-state index < -0.39 is 0 Å². The van der Waals surface area contributed by atoms with Crippen LogP contribution in [0.3, 0.4) is 0 Å². The average molecular weight is 384 g/mol. The molecule has 0 saturated carbocycles. The van der Waals surface area contributed by atoms with Crippen molar-refractivity contribution in [3.63, 3.8) is 0 Å². The monoisotopic (exact) mass is 384 g/mol. The number of aryl methyl sites for hydroxylation is 1.